The average Bonchev–Trinajstić information content (AvgIpc) is 3.08. The Bertz CT molecular complexity index is 657. The molecule has 0 aromatic heterocycles. The standard InChI is InChI=1S/C20H22FNO2/c21-18-11-9-17(10-12-18)20(23)8-4-5-13-22-15-24-14-19(22)16-6-2-1-3-7-16/h1-3,6-7,9-12,19H,4-5,8,13-15H2/t19-/m1/s1. The van der Waals surface area contributed by atoms with Gasteiger partial charge in [0.25, 0.3) is 0 Å². The molecule has 1 aliphatic rings. The SMILES string of the molecule is O=C(CCCCN1COC[C@@H]1c1ccccc1)c1ccc(F)cc1. The van der Waals surface area contributed by atoms with Crippen molar-refractivity contribution in [3.8, 4) is 0 Å². The molecule has 0 bridgehead atoms. The van der Waals surface area contributed by atoms with Gasteiger partial charge in [-0.3, -0.25) is 9.69 Å². The first-order chi connectivity index (χ1) is 11.7. The molecule has 1 saturated heterocycles. The van der Waals surface area contributed by atoms with E-state index in [4.69, 9.17) is 4.74 Å². The minimum atomic E-state index is -0.312. The van der Waals surface area contributed by atoms with Crippen molar-refractivity contribution in [3.05, 3.63) is 71.5 Å². The first kappa shape index (κ1) is 16.8. The molecule has 3 nitrogen and oxygen atoms in total. The quantitative estimate of drug-likeness (QED) is 0.563. The molecule has 1 fully saturated rings. The molecule has 1 aliphatic heterocycles. The van der Waals surface area contributed by atoms with Gasteiger partial charge in [-0.2, -0.15) is 0 Å². The molecule has 0 spiro atoms. The molecule has 0 N–H and O–H groups in total. The fourth-order valence-corrected chi connectivity index (χ4v) is 3.06. The van der Waals surface area contributed by atoms with Gasteiger partial charge in [-0.15, -0.1) is 0 Å². The van der Waals surface area contributed by atoms with E-state index in [9.17, 15) is 9.18 Å². The molecule has 2 aromatic rings. The van der Waals surface area contributed by atoms with Crippen LogP contribution in [0, 0.1) is 5.82 Å². The maximum Gasteiger partial charge on any atom is 0.162 e. The van der Waals surface area contributed by atoms with Gasteiger partial charge in [0.05, 0.1) is 19.4 Å². The number of halogens is 1. The van der Waals surface area contributed by atoms with Crippen LogP contribution in [0.25, 0.3) is 0 Å². The smallest absolute Gasteiger partial charge is 0.162 e. The van der Waals surface area contributed by atoms with Gasteiger partial charge < -0.3 is 4.74 Å². The van der Waals surface area contributed by atoms with E-state index in [0.29, 0.717) is 24.8 Å². The summed E-state index contributed by atoms with van der Waals surface area (Å²) in [6.07, 6.45) is 2.27. The van der Waals surface area contributed by atoms with Crippen LogP contribution < -0.4 is 0 Å². The summed E-state index contributed by atoms with van der Waals surface area (Å²) < 4.78 is 18.5. The number of carbonyl (C=O) groups is 1. The minimum Gasteiger partial charge on any atom is -0.364 e. The van der Waals surface area contributed by atoms with E-state index >= 15 is 0 Å². The number of rotatable bonds is 7. The zero-order chi connectivity index (χ0) is 16.8. The van der Waals surface area contributed by atoms with E-state index in [1.165, 1.54) is 17.7 Å². The second-order valence-electron chi connectivity index (χ2n) is 6.13. The summed E-state index contributed by atoms with van der Waals surface area (Å²) in [6, 6.07) is 16.5. The summed E-state index contributed by atoms with van der Waals surface area (Å²) in [5, 5.41) is 0. The zero-order valence-corrected chi connectivity index (χ0v) is 13.7. The molecule has 0 unspecified atom stereocenters. The number of benzene rings is 2. The van der Waals surface area contributed by atoms with Gasteiger partial charge in [-0.25, -0.2) is 4.39 Å². The average molecular weight is 327 g/mol. The Morgan fingerprint density at radius 1 is 1.08 bits per heavy atom. The Balaban J connectivity index is 1.44. The van der Waals surface area contributed by atoms with Crippen LogP contribution in [0.5, 0.6) is 0 Å². The monoisotopic (exact) mass is 327 g/mol. The highest BCUT2D eigenvalue weighted by Gasteiger charge is 2.25. The Labute approximate surface area is 142 Å². The number of Topliss-reactive ketones (excluding diaryl/α,β-unsaturated/α-hetero) is 1. The van der Waals surface area contributed by atoms with Gasteiger partial charge in [0.2, 0.25) is 0 Å². The Morgan fingerprint density at radius 3 is 2.58 bits per heavy atom. The number of hydrogen-bond donors (Lipinski definition) is 0. The maximum atomic E-state index is 12.9. The zero-order valence-electron chi connectivity index (χ0n) is 13.7. The molecule has 4 heteroatoms. The first-order valence-electron chi connectivity index (χ1n) is 8.39. The minimum absolute atomic E-state index is 0.0762. The number of carbonyl (C=O) groups excluding carboxylic acids is 1. The van der Waals surface area contributed by atoms with Gasteiger partial charge in [0.1, 0.15) is 5.82 Å². The van der Waals surface area contributed by atoms with Crippen molar-refractivity contribution in [2.75, 3.05) is 19.9 Å². The summed E-state index contributed by atoms with van der Waals surface area (Å²) in [7, 11) is 0. The molecule has 0 saturated carbocycles. The predicted molar refractivity (Wildman–Crippen MR) is 91.3 cm³/mol. The van der Waals surface area contributed by atoms with Gasteiger partial charge in [-0.05, 0) is 42.7 Å². The van der Waals surface area contributed by atoms with E-state index in [-0.39, 0.29) is 11.6 Å². The lowest BCUT2D eigenvalue weighted by Gasteiger charge is -2.22. The fraction of sp³-hybridized carbons (Fsp3) is 0.350. The molecule has 0 radical (unpaired) electrons. The molecule has 2 aromatic carbocycles. The lowest BCUT2D eigenvalue weighted by atomic mass is 10.0. The third-order valence-corrected chi connectivity index (χ3v) is 4.42. The number of ketones is 1. The second kappa shape index (κ2) is 8.18. The van der Waals surface area contributed by atoms with Gasteiger partial charge >= 0.3 is 0 Å². The summed E-state index contributed by atoms with van der Waals surface area (Å²) in [5.41, 5.74) is 1.86. The van der Waals surface area contributed by atoms with Crippen LogP contribution in [0.3, 0.4) is 0 Å². The van der Waals surface area contributed by atoms with Gasteiger partial charge in [-0.1, -0.05) is 30.3 Å². The predicted octanol–water partition coefficient (Wildman–Crippen LogP) is 4.21. The van der Waals surface area contributed by atoms with Crippen LogP contribution in [-0.2, 0) is 4.74 Å². The molecule has 1 atom stereocenters. The van der Waals surface area contributed by atoms with Crippen molar-refractivity contribution in [3.63, 3.8) is 0 Å². The molecule has 0 aliphatic carbocycles. The largest absolute Gasteiger partial charge is 0.364 e. The summed E-state index contributed by atoms with van der Waals surface area (Å²) in [6.45, 7) is 2.28. The summed E-state index contributed by atoms with van der Waals surface area (Å²) >= 11 is 0. The Hall–Kier alpha value is -2.04. The number of ether oxygens (including phenoxy) is 1. The van der Waals surface area contributed by atoms with Gasteiger partial charge in [0.15, 0.2) is 5.78 Å². The molecular formula is C20H22FNO2. The van der Waals surface area contributed by atoms with Crippen LogP contribution in [0.1, 0.15) is 41.2 Å². The van der Waals surface area contributed by atoms with Crippen LogP contribution in [0.4, 0.5) is 4.39 Å². The number of nitrogens with zero attached hydrogens (tertiary/aromatic N) is 1. The fourth-order valence-electron chi connectivity index (χ4n) is 3.06. The van der Waals surface area contributed by atoms with E-state index < -0.39 is 0 Å². The normalized spacial score (nSPS) is 18.0. The van der Waals surface area contributed by atoms with Crippen molar-refractivity contribution < 1.29 is 13.9 Å². The van der Waals surface area contributed by atoms with Crippen molar-refractivity contribution >= 4 is 5.78 Å². The highest BCUT2D eigenvalue weighted by molar-refractivity contribution is 5.95. The number of hydrogen-bond acceptors (Lipinski definition) is 3. The lowest BCUT2D eigenvalue weighted by Crippen LogP contribution is -2.25. The maximum absolute atomic E-state index is 12.9. The van der Waals surface area contributed by atoms with Crippen molar-refractivity contribution in [2.45, 2.75) is 25.3 Å². The van der Waals surface area contributed by atoms with Crippen molar-refractivity contribution in [1.29, 1.82) is 0 Å². The number of unbranched alkanes of at least 4 members (excludes halogenated alkanes) is 1. The molecule has 126 valence electrons. The van der Waals surface area contributed by atoms with E-state index in [0.717, 1.165) is 26.0 Å². The Morgan fingerprint density at radius 2 is 1.83 bits per heavy atom. The summed E-state index contributed by atoms with van der Waals surface area (Å²) in [4.78, 5) is 14.4. The van der Waals surface area contributed by atoms with E-state index in [1.54, 1.807) is 12.1 Å². The van der Waals surface area contributed by atoms with Crippen molar-refractivity contribution in [1.82, 2.24) is 4.90 Å². The van der Waals surface area contributed by atoms with Gasteiger partial charge in [0, 0.05) is 18.5 Å². The highest BCUT2D eigenvalue weighted by atomic mass is 19.1. The third kappa shape index (κ3) is 4.28. The molecule has 1 heterocycles. The lowest BCUT2D eigenvalue weighted by molar-refractivity contribution is 0.0975. The molecular weight excluding hydrogens is 305 g/mol. The van der Waals surface area contributed by atoms with Crippen LogP contribution in [-0.4, -0.2) is 30.6 Å². The first-order valence-corrected chi connectivity index (χ1v) is 8.39. The molecule has 0 amide bonds. The van der Waals surface area contributed by atoms with E-state index in [1.807, 2.05) is 18.2 Å². The van der Waals surface area contributed by atoms with Crippen LogP contribution >= 0.6 is 0 Å². The topological polar surface area (TPSA) is 29.5 Å². The summed E-state index contributed by atoms with van der Waals surface area (Å²) in [5.74, 6) is -0.236. The van der Waals surface area contributed by atoms with Crippen LogP contribution in [0.15, 0.2) is 54.6 Å². The third-order valence-electron chi connectivity index (χ3n) is 4.42. The van der Waals surface area contributed by atoms with E-state index in [2.05, 4.69) is 17.0 Å². The molecule has 3 rings (SSSR count). The highest BCUT2D eigenvalue weighted by Crippen LogP contribution is 2.26. The Kier molecular flexibility index (Phi) is 5.72. The second-order valence-corrected chi connectivity index (χ2v) is 6.13. The van der Waals surface area contributed by atoms with Crippen molar-refractivity contribution in [2.24, 2.45) is 0 Å². The van der Waals surface area contributed by atoms with Crippen LogP contribution in [0.2, 0.25) is 0 Å². The molecule has 24 heavy (non-hydrogen) atoms.